The van der Waals surface area contributed by atoms with Crippen molar-refractivity contribution >= 4 is 71.7 Å². The Kier molecular flexibility index (Phi) is 7.44. The lowest BCUT2D eigenvalue weighted by Crippen LogP contribution is -2.19. The number of primary amides is 1. The fourth-order valence-corrected chi connectivity index (χ4v) is 5.09. The predicted octanol–water partition coefficient (Wildman–Crippen LogP) is 3.25. The molecule has 1 heterocycles. The molecule has 0 radical (unpaired) electrons. The van der Waals surface area contributed by atoms with E-state index >= 15 is 0 Å². The molecule has 0 fully saturated rings. The van der Waals surface area contributed by atoms with Gasteiger partial charge in [0.15, 0.2) is 0 Å². The Morgan fingerprint density at radius 1 is 0.923 bits per heavy atom. The van der Waals surface area contributed by atoms with E-state index < -0.39 is 41.7 Å². The number of nitrogen functional groups attached to an aromatic ring is 1. The largest absolute Gasteiger partial charge is 0.368 e. The first kappa shape index (κ1) is 27.7. The molecule has 0 aliphatic rings. The lowest BCUT2D eigenvalue weighted by molar-refractivity contribution is 0.259. The number of hydrogen-bond acceptors (Lipinski definition) is 11. The summed E-state index contributed by atoms with van der Waals surface area (Å²) >= 11 is 5.81. The van der Waals surface area contributed by atoms with E-state index in [1.807, 2.05) is 0 Å². The third-order valence-corrected chi connectivity index (χ3v) is 7.06. The van der Waals surface area contributed by atoms with Crippen LogP contribution >= 0.6 is 11.6 Å². The summed E-state index contributed by atoms with van der Waals surface area (Å²) in [7, 11) is -9.54. The summed E-state index contributed by atoms with van der Waals surface area (Å²) in [4.78, 5) is 22.0. The number of urea groups is 1. The predicted molar refractivity (Wildman–Crippen MR) is 139 cm³/mol. The molecule has 0 saturated carbocycles. The molecule has 39 heavy (non-hydrogen) atoms. The quantitative estimate of drug-likeness (QED) is 0.154. The Morgan fingerprint density at radius 3 is 2.26 bits per heavy atom. The molecule has 0 atom stereocenters. The number of benzene rings is 3. The molecule has 202 valence electrons. The van der Waals surface area contributed by atoms with E-state index in [-0.39, 0.29) is 45.6 Å². The number of carbonyl (C=O) groups is 1. The molecule has 4 rings (SSSR count). The highest BCUT2D eigenvalue weighted by Gasteiger charge is 2.21. The van der Waals surface area contributed by atoms with Crippen molar-refractivity contribution < 1.29 is 30.7 Å². The van der Waals surface area contributed by atoms with Gasteiger partial charge in [-0.05, 0) is 52.9 Å². The van der Waals surface area contributed by atoms with Crippen molar-refractivity contribution in [3.05, 3.63) is 65.2 Å². The molecule has 0 spiro atoms. The van der Waals surface area contributed by atoms with Gasteiger partial charge < -0.3 is 16.8 Å². The fourth-order valence-electron chi connectivity index (χ4n) is 3.56. The van der Waals surface area contributed by atoms with E-state index in [0.717, 1.165) is 18.2 Å². The second kappa shape index (κ2) is 10.5. The topological polar surface area (TPSA) is 253 Å². The molecule has 18 heteroatoms. The number of fused-ring (bicyclic) bond motifs is 1. The first-order valence-electron chi connectivity index (χ1n) is 10.5. The first-order chi connectivity index (χ1) is 18.2. The van der Waals surface area contributed by atoms with Gasteiger partial charge >= 0.3 is 6.03 Å². The van der Waals surface area contributed by atoms with Crippen molar-refractivity contribution in [2.75, 3.05) is 11.1 Å². The first-order valence-corrected chi connectivity index (χ1v) is 13.8. The van der Waals surface area contributed by atoms with Crippen LogP contribution in [-0.4, -0.2) is 46.9 Å². The zero-order valence-corrected chi connectivity index (χ0v) is 21.7. The average Bonchev–Trinajstić information content (AvgIpc) is 2.80. The van der Waals surface area contributed by atoms with E-state index in [1.54, 1.807) is 6.07 Å². The Morgan fingerprint density at radius 2 is 1.62 bits per heavy atom. The smallest absolute Gasteiger partial charge is 0.316 e. The van der Waals surface area contributed by atoms with Crippen LogP contribution in [0, 0.1) is 0 Å². The van der Waals surface area contributed by atoms with Crippen LogP contribution in [0.3, 0.4) is 0 Å². The van der Waals surface area contributed by atoms with Crippen LogP contribution in [-0.2, 0) is 26.7 Å². The minimum absolute atomic E-state index is 0.00944. The monoisotopic (exact) mass is 592 g/mol. The van der Waals surface area contributed by atoms with Crippen molar-refractivity contribution in [3.63, 3.8) is 0 Å². The normalized spacial score (nSPS) is 12.2. The lowest BCUT2D eigenvalue weighted by atomic mass is 10.1. The summed E-state index contributed by atoms with van der Waals surface area (Å²) in [5, 5.41) is 10.1. The molecule has 15 nitrogen and oxygen atoms in total. The third-order valence-electron chi connectivity index (χ3n) is 5.09. The highest BCUT2D eigenvalue weighted by molar-refractivity contribution is 7.86. The van der Waals surface area contributed by atoms with Crippen molar-refractivity contribution in [2.45, 2.75) is 16.2 Å². The Hall–Kier alpha value is -4.29. The molecule has 7 N–H and O–H groups in total. The standard InChI is InChI=1S/C21H17ClN8O7S2/c22-19-26-18(27-20(23)28-19)7-10-4-5-13(14(6-10)25-21(24)31)29-30-15-9-12-11(8-17(15)39(35,36)37)2-1-3-16(12)38(32,33)34/h1-6,8-9H,7H2,(H3,24,25,31)(H,32,33,34)(H,35,36,37)(H2,23,26,27,28). The molecule has 0 aliphatic heterocycles. The van der Waals surface area contributed by atoms with Gasteiger partial charge in [-0.15, -0.1) is 10.2 Å². The minimum Gasteiger partial charge on any atom is -0.368 e. The van der Waals surface area contributed by atoms with Gasteiger partial charge in [0.1, 0.15) is 27.0 Å². The zero-order valence-electron chi connectivity index (χ0n) is 19.3. The molecule has 0 bridgehead atoms. The Labute approximate surface area is 225 Å². The van der Waals surface area contributed by atoms with Gasteiger partial charge in [0.25, 0.3) is 20.2 Å². The number of aromatic nitrogens is 3. The van der Waals surface area contributed by atoms with Gasteiger partial charge in [-0.1, -0.05) is 18.2 Å². The van der Waals surface area contributed by atoms with Gasteiger partial charge in [0, 0.05) is 11.8 Å². The number of nitrogens with one attached hydrogen (secondary N) is 1. The van der Waals surface area contributed by atoms with Crippen LogP contribution in [0.25, 0.3) is 10.8 Å². The number of hydrogen-bond donors (Lipinski definition) is 5. The van der Waals surface area contributed by atoms with E-state index in [1.165, 1.54) is 24.3 Å². The van der Waals surface area contributed by atoms with Gasteiger partial charge in [0.05, 0.1) is 5.69 Å². The molecule has 2 amide bonds. The third kappa shape index (κ3) is 6.59. The summed E-state index contributed by atoms with van der Waals surface area (Å²) in [5.41, 5.74) is 11.0. The molecular formula is C21H17ClN8O7S2. The highest BCUT2D eigenvalue weighted by atomic mass is 35.5. The number of nitrogens with zero attached hydrogens (tertiary/aromatic N) is 5. The number of azo groups is 1. The maximum Gasteiger partial charge on any atom is 0.316 e. The molecule has 1 aromatic heterocycles. The van der Waals surface area contributed by atoms with E-state index in [0.29, 0.717) is 5.56 Å². The lowest BCUT2D eigenvalue weighted by Gasteiger charge is -2.10. The van der Waals surface area contributed by atoms with Crippen molar-refractivity contribution in [2.24, 2.45) is 16.0 Å². The molecule has 4 aromatic rings. The second-order valence-electron chi connectivity index (χ2n) is 7.84. The van der Waals surface area contributed by atoms with Crippen LogP contribution in [0.1, 0.15) is 11.4 Å². The van der Waals surface area contributed by atoms with Crippen molar-refractivity contribution in [1.29, 1.82) is 0 Å². The van der Waals surface area contributed by atoms with Crippen molar-refractivity contribution in [1.82, 2.24) is 15.0 Å². The number of nitrogens with two attached hydrogens (primary N) is 2. The summed E-state index contributed by atoms with van der Waals surface area (Å²) in [6.45, 7) is 0. The number of anilines is 2. The summed E-state index contributed by atoms with van der Waals surface area (Å²) in [5.74, 6) is 0.142. The van der Waals surface area contributed by atoms with Crippen LogP contribution in [0.5, 0.6) is 0 Å². The molecule has 0 aliphatic carbocycles. The number of carbonyl (C=O) groups excluding carboxylic acids is 1. The van der Waals surface area contributed by atoms with E-state index in [2.05, 4.69) is 30.5 Å². The van der Waals surface area contributed by atoms with Crippen molar-refractivity contribution in [3.8, 4) is 0 Å². The van der Waals surface area contributed by atoms with Crippen LogP contribution in [0.15, 0.2) is 68.6 Å². The zero-order chi connectivity index (χ0) is 28.5. The maximum atomic E-state index is 12.0. The molecular weight excluding hydrogens is 576 g/mol. The summed E-state index contributed by atoms with van der Waals surface area (Å²) < 4.78 is 67.0. The number of amides is 2. The average molecular weight is 593 g/mol. The van der Waals surface area contributed by atoms with Crippen LogP contribution < -0.4 is 16.8 Å². The van der Waals surface area contributed by atoms with Gasteiger partial charge in [0.2, 0.25) is 11.2 Å². The summed E-state index contributed by atoms with van der Waals surface area (Å²) in [6.07, 6.45) is 0.118. The Balaban J connectivity index is 1.81. The highest BCUT2D eigenvalue weighted by Crippen LogP contribution is 2.35. The van der Waals surface area contributed by atoms with Gasteiger partial charge in [-0.2, -0.15) is 26.8 Å². The van der Waals surface area contributed by atoms with Gasteiger partial charge in [-0.25, -0.2) is 9.78 Å². The van der Waals surface area contributed by atoms with E-state index in [4.69, 9.17) is 23.1 Å². The van der Waals surface area contributed by atoms with Gasteiger partial charge in [-0.3, -0.25) is 9.11 Å². The Bertz CT molecular complexity index is 1860. The van der Waals surface area contributed by atoms with E-state index in [9.17, 15) is 30.7 Å². The number of rotatable bonds is 7. The number of halogens is 1. The van der Waals surface area contributed by atoms with Crippen LogP contribution in [0.2, 0.25) is 5.28 Å². The molecule has 0 saturated heterocycles. The summed E-state index contributed by atoms with van der Waals surface area (Å²) in [6, 6.07) is 9.26. The van der Waals surface area contributed by atoms with Crippen LogP contribution in [0.4, 0.5) is 27.8 Å². The SMILES string of the molecule is NC(=O)Nc1cc(Cc2nc(N)nc(Cl)n2)ccc1N=Nc1cc2c(S(=O)(=O)O)cccc2cc1S(=O)(=O)O. The minimum atomic E-state index is -4.85. The second-order valence-corrected chi connectivity index (χ2v) is 11.0. The maximum absolute atomic E-state index is 12.0. The fraction of sp³-hybridized carbons (Fsp3) is 0.0476. The molecule has 3 aromatic carbocycles. The molecule has 0 unspecified atom stereocenters.